The second-order valence-electron chi connectivity index (χ2n) is 4.11. The number of hydrogen-bond donors (Lipinski definition) is 1. The largest absolute Gasteiger partial charge is 0.381 e. The first-order chi connectivity index (χ1) is 7.29. The third-order valence-electron chi connectivity index (χ3n) is 2.95. The number of aryl methyl sites for hydroxylation is 1. The minimum absolute atomic E-state index is 0.578. The molecular formula is C11H18N2OS. The molecule has 1 aromatic heterocycles. The van der Waals surface area contributed by atoms with Crippen LogP contribution >= 0.6 is 11.3 Å². The predicted molar refractivity (Wildman–Crippen MR) is 62.3 cm³/mol. The van der Waals surface area contributed by atoms with Crippen molar-refractivity contribution in [3.63, 3.8) is 0 Å². The fourth-order valence-electron chi connectivity index (χ4n) is 2.10. The van der Waals surface area contributed by atoms with Gasteiger partial charge in [0.15, 0.2) is 0 Å². The van der Waals surface area contributed by atoms with Crippen LogP contribution in [0.4, 0.5) is 0 Å². The Hall–Kier alpha value is -0.450. The molecule has 0 saturated carbocycles. The van der Waals surface area contributed by atoms with Gasteiger partial charge < -0.3 is 10.1 Å². The Labute approximate surface area is 94.9 Å². The van der Waals surface area contributed by atoms with Gasteiger partial charge in [0.2, 0.25) is 0 Å². The van der Waals surface area contributed by atoms with E-state index >= 15 is 0 Å². The van der Waals surface area contributed by atoms with Gasteiger partial charge >= 0.3 is 0 Å². The first-order valence-corrected chi connectivity index (χ1v) is 6.33. The predicted octanol–water partition coefficient (Wildman–Crippen LogP) is 1.62. The summed E-state index contributed by atoms with van der Waals surface area (Å²) in [5.74, 6) is 0.578. The summed E-state index contributed by atoms with van der Waals surface area (Å²) in [7, 11) is 2.04. The first-order valence-electron chi connectivity index (χ1n) is 5.45. The molecule has 15 heavy (non-hydrogen) atoms. The third kappa shape index (κ3) is 2.77. The molecule has 1 saturated heterocycles. The van der Waals surface area contributed by atoms with E-state index in [-0.39, 0.29) is 0 Å². The molecule has 2 atom stereocenters. The highest BCUT2D eigenvalue weighted by Gasteiger charge is 2.25. The number of ether oxygens (including phenoxy) is 1. The molecule has 84 valence electrons. The van der Waals surface area contributed by atoms with Crippen molar-refractivity contribution in [3.8, 4) is 0 Å². The molecule has 4 heteroatoms. The van der Waals surface area contributed by atoms with Gasteiger partial charge in [0.1, 0.15) is 0 Å². The van der Waals surface area contributed by atoms with Crippen molar-refractivity contribution >= 4 is 11.3 Å². The first kappa shape index (κ1) is 11.0. The van der Waals surface area contributed by atoms with Crippen molar-refractivity contribution in [2.75, 3.05) is 20.3 Å². The van der Waals surface area contributed by atoms with Gasteiger partial charge in [0.05, 0.1) is 11.6 Å². The minimum Gasteiger partial charge on any atom is -0.381 e. The number of nitrogens with one attached hydrogen (secondary N) is 1. The highest BCUT2D eigenvalue weighted by Crippen LogP contribution is 2.21. The summed E-state index contributed by atoms with van der Waals surface area (Å²) in [6.45, 7) is 3.80. The van der Waals surface area contributed by atoms with E-state index in [1.807, 2.05) is 14.0 Å². The van der Waals surface area contributed by atoms with E-state index in [9.17, 15) is 0 Å². The van der Waals surface area contributed by atoms with E-state index in [1.165, 1.54) is 5.01 Å². The van der Waals surface area contributed by atoms with Gasteiger partial charge in [0, 0.05) is 36.1 Å². The maximum Gasteiger partial charge on any atom is 0.0932 e. The van der Waals surface area contributed by atoms with Crippen LogP contribution in [0.1, 0.15) is 17.1 Å². The summed E-state index contributed by atoms with van der Waals surface area (Å²) < 4.78 is 5.53. The van der Waals surface area contributed by atoms with Gasteiger partial charge in [-0.25, -0.2) is 4.98 Å². The quantitative estimate of drug-likeness (QED) is 0.850. The molecule has 1 aliphatic rings. The van der Waals surface area contributed by atoms with Crippen LogP contribution < -0.4 is 5.32 Å². The Balaban J connectivity index is 1.97. The Morgan fingerprint density at radius 3 is 3.20 bits per heavy atom. The van der Waals surface area contributed by atoms with E-state index in [2.05, 4.69) is 15.7 Å². The van der Waals surface area contributed by atoms with Crippen molar-refractivity contribution < 1.29 is 4.74 Å². The lowest BCUT2D eigenvalue weighted by molar-refractivity contribution is 0.0342. The summed E-state index contributed by atoms with van der Waals surface area (Å²) in [6.07, 6.45) is 2.16. The molecule has 1 fully saturated rings. The zero-order chi connectivity index (χ0) is 10.7. The van der Waals surface area contributed by atoms with Crippen LogP contribution in [0.25, 0.3) is 0 Å². The highest BCUT2D eigenvalue weighted by molar-refractivity contribution is 7.09. The Kier molecular flexibility index (Phi) is 3.72. The summed E-state index contributed by atoms with van der Waals surface area (Å²) >= 11 is 1.76. The summed E-state index contributed by atoms with van der Waals surface area (Å²) in [4.78, 5) is 4.51. The SMILES string of the molecule is CNC1CCOCC1Cc1nc(C)cs1. The third-order valence-corrected chi connectivity index (χ3v) is 3.94. The van der Waals surface area contributed by atoms with Gasteiger partial charge in [-0.05, 0) is 20.4 Å². The lowest BCUT2D eigenvalue weighted by atomic mass is 9.93. The molecule has 0 bridgehead atoms. The van der Waals surface area contributed by atoms with Crippen molar-refractivity contribution in [1.29, 1.82) is 0 Å². The summed E-state index contributed by atoms with van der Waals surface area (Å²) in [5, 5.41) is 6.74. The normalized spacial score (nSPS) is 26.8. The molecule has 0 spiro atoms. The molecule has 0 aromatic carbocycles. The molecular weight excluding hydrogens is 208 g/mol. The van der Waals surface area contributed by atoms with Crippen LogP contribution in [0.2, 0.25) is 0 Å². The van der Waals surface area contributed by atoms with E-state index < -0.39 is 0 Å². The zero-order valence-electron chi connectivity index (χ0n) is 9.32. The highest BCUT2D eigenvalue weighted by atomic mass is 32.1. The molecule has 2 rings (SSSR count). The summed E-state index contributed by atoms with van der Waals surface area (Å²) in [5.41, 5.74) is 1.13. The van der Waals surface area contributed by atoms with Crippen LogP contribution in [0.3, 0.4) is 0 Å². The maximum absolute atomic E-state index is 5.53. The number of rotatable bonds is 3. The van der Waals surface area contributed by atoms with Crippen molar-refractivity contribution in [2.24, 2.45) is 5.92 Å². The van der Waals surface area contributed by atoms with Crippen LogP contribution in [0.5, 0.6) is 0 Å². The number of thiazole rings is 1. The van der Waals surface area contributed by atoms with Crippen LogP contribution in [-0.2, 0) is 11.2 Å². The minimum atomic E-state index is 0.578. The van der Waals surface area contributed by atoms with E-state index in [0.29, 0.717) is 12.0 Å². The molecule has 3 nitrogen and oxygen atoms in total. The molecule has 2 heterocycles. The van der Waals surface area contributed by atoms with Crippen LogP contribution in [0.15, 0.2) is 5.38 Å². The van der Waals surface area contributed by atoms with Gasteiger partial charge in [-0.15, -0.1) is 11.3 Å². The monoisotopic (exact) mass is 226 g/mol. The van der Waals surface area contributed by atoms with Crippen molar-refractivity contribution in [3.05, 3.63) is 16.1 Å². The summed E-state index contributed by atoms with van der Waals surface area (Å²) in [6, 6.07) is 0.586. The van der Waals surface area contributed by atoms with Crippen molar-refractivity contribution in [2.45, 2.75) is 25.8 Å². The molecule has 1 aromatic rings. The second kappa shape index (κ2) is 5.05. The molecule has 2 unspecified atom stereocenters. The standard InChI is InChI=1S/C11H18N2OS/c1-8-7-15-11(13-8)5-9-6-14-4-3-10(9)12-2/h7,9-10,12H,3-6H2,1-2H3. The fourth-order valence-corrected chi connectivity index (χ4v) is 2.97. The molecule has 0 radical (unpaired) electrons. The van der Waals surface area contributed by atoms with Crippen LogP contribution in [-0.4, -0.2) is 31.3 Å². The molecule has 0 aliphatic carbocycles. The zero-order valence-corrected chi connectivity index (χ0v) is 10.1. The Morgan fingerprint density at radius 2 is 2.53 bits per heavy atom. The van der Waals surface area contributed by atoms with Gasteiger partial charge in [-0.2, -0.15) is 0 Å². The Bertz CT molecular complexity index is 313. The average Bonchev–Trinajstić information content (AvgIpc) is 2.65. The average molecular weight is 226 g/mol. The van der Waals surface area contributed by atoms with E-state index in [1.54, 1.807) is 11.3 Å². The molecule has 1 aliphatic heterocycles. The van der Waals surface area contributed by atoms with Gasteiger partial charge in [-0.1, -0.05) is 0 Å². The number of hydrogen-bond acceptors (Lipinski definition) is 4. The topological polar surface area (TPSA) is 34.1 Å². The van der Waals surface area contributed by atoms with E-state index in [0.717, 1.165) is 31.7 Å². The lowest BCUT2D eigenvalue weighted by Crippen LogP contribution is -2.41. The van der Waals surface area contributed by atoms with Crippen LogP contribution in [0, 0.1) is 12.8 Å². The lowest BCUT2D eigenvalue weighted by Gasteiger charge is -2.30. The number of aromatic nitrogens is 1. The molecule has 0 amide bonds. The maximum atomic E-state index is 5.53. The van der Waals surface area contributed by atoms with Gasteiger partial charge in [-0.3, -0.25) is 0 Å². The van der Waals surface area contributed by atoms with E-state index in [4.69, 9.17) is 4.74 Å². The van der Waals surface area contributed by atoms with Gasteiger partial charge in [0.25, 0.3) is 0 Å². The number of nitrogens with zero attached hydrogens (tertiary/aromatic N) is 1. The molecule has 1 N–H and O–H groups in total. The Morgan fingerprint density at radius 1 is 1.67 bits per heavy atom. The fraction of sp³-hybridized carbons (Fsp3) is 0.727. The second-order valence-corrected chi connectivity index (χ2v) is 5.05. The van der Waals surface area contributed by atoms with Crippen molar-refractivity contribution in [1.82, 2.24) is 10.3 Å². The smallest absolute Gasteiger partial charge is 0.0932 e.